The van der Waals surface area contributed by atoms with Crippen LogP contribution < -0.4 is 4.90 Å². The SMILES string of the molecule is CCOC(=O)CN(C)c1ccccc1C(F)(F)F. The number of hydrogen-bond acceptors (Lipinski definition) is 3. The molecular weight excluding hydrogens is 247 g/mol. The predicted molar refractivity (Wildman–Crippen MR) is 61.3 cm³/mol. The molecular formula is C12H14F3NO2. The molecule has 0 saturated heterocycles. The number of benzene rings is 1. The van der Waals surface area contributed by atoms with Crippen LogP contribution in [0.2, 0.25) is 0 Å². The molecule has 0 aliphatic heterocycles. The highest BCUT2D eigenvalue weighted by molar-refractivity contribution is 5.76. The van der Waals surface area contributed by atoms with Gasteiger partial charge in [0.2, 0.25) is 0 Å². The third-order valence-corrected chi connectivity index (χ3v) is 2.29. The van der Waals surface area contributed by atoms with Crippen molar-refractivity contribution in [2.75, 3.05) is 25.1 Å². The first kappa shape index (κ1) is 14.3. The van der Waals surface area contributed by atoms with E-state index < -0.39 is 17.7 Å². The van der Waals surface area contributed by atoms with Crippen molar-refractivity contribution < 1.29 is 22.7 Å². The zero-order valence-electron chi connectivity index (χ0n) is 10.1. The Balaban J connectivity index is 2.92. The molecule has 1 rings (SSSR count). The molecule has 0 radical (unpaired) electrons. The van der Waals surface area contributed by atoms with Crippen molar-refractivity contribution in [3.8, 4) is 0 Å². The maximum atomic E-state index is 12.8. The van der Waals surface area contributed by atoms with E-state index in [-0.39, 0.29) is 18.8 Å². The Kier molecular flexibility index (Phi) is 4.58. The summed E-state index contributed by atoms with van der Waals surface area (Å²) in [4.78, 5) is 12.5. The number of carbonyl (C=O) groups excluding carboxylic acids is 1. The van der Waals surface area contributed by atoms with Crippen LogP contribution in [0, 0.1) is 0 Å². The van der Waals surface area contributed by atoms with Crippen LogP contribution in [0.4, 0.5) is 18.9 Å². The van der Waals surface area contributed by atoms with E-state index in [0.29, 0.717) is 0 Å². The number of rotatable bonds is 4. The summed E-state index contributed by atoms with van der Waals surface area (Å²) < 4.78 is 43.0. The molecule has 0 amide bonds. The van der Waals surface area contributed by atoms with E-state index in [2.05, 4.69) is 0 Å². The van der Waals surface area contributed by atoms with Gasteiger partial charge < -0.3 is 9.64 Å². The minimum Gasteiger partial charge on any atom is -0.465 e. The van der Waals surface area contributed by atoms with Gasteiger partial charge in [-0.2, -0.15) is 13.2 Å². The highest BCUT2D eigenvalue weighted by atomic mass is 19.4. The van der Waals surface area contributed by atoms with E-state index in [1.54, 1.807) is 6.92 Å². The lowest BCUT2D eigenvalue weighted by Gasteiger charge is -2.22. The van der Waals surface area contributed by atoms with Gasteiger partial charge in [-0.1, -0.05) is 12.1 Å². The van der Waals surface area contributed by atoms with Gasteiger partial charge in [0.1, 0.15) is 6.54 Å². The van der Waals surface area contributed by atoms with Gasteiger partial charge in [0, 0.05) is 12.7 Å². The molecule has 18 heavy (non-hydrogen) atoms. The highest BCUT2D eigenvalue weighted by Crippen LogP contribution is 2.35. The first-order chi connectivity index (χ1) is 8.36. The van der Waals surface area contributed by atoms with Crippen LogP contribution >= 0.6 is 0 Å². The zero-order chi connectivity index (χ0) is 13.8. The summed E-state index contributed by atoms with van der Waals surface area (Å²) in [6, 6.07) is 5.11. The van der Waals surface area contributed by atoms with Crippen molar-refractivity contribution in [2.45, 2.75) is 13.1 Å². The zero-order valence-corrected chi connectivity index (χ0v) is 10.1. The number of halogens is 3. The minimum atomic E-state index is -4.44. The molecule has 0 bridgehead atoms. The fourth-order valence-corrected chi connectivity index (χ4v) is 1.53. The van der Waals surface area contributed by atoms with Crippen LogP contribution in [0.3, 0.4) is 0 Å². The van der Waals surface area contributed by atoms with Crippen molar-refractivity contribution in [1.29, 1.82) is 0 Å². The summed E-state index contributed by atoms with van der Waals surface area (Å²) in [5.74, 6) is -0.558. The lowest BCUT2D eigenvalue weighted by Crippen LogP contribution is -2.29. The van der Waals surface area contributed by atoms with E-state index in [1.807, 2.05) is 0 Å². The Bertz CT molecular complexity index is 418. The molecule has 3 nitrogen and oxygen atoms in total. The summed E-state index contributed by atoms with van der Waals surface area (Å²) in [7, 11) is 1.42. The van der Waals surface area contributed by atoms with Crippen LogP contribution in [-0.2, 0) is 15.7 Å². The van der Waals surface area contributed by atoms with Gasteiger partial charge >= 0.3 is 12.1 Å². The van der Waals surface area contributed by atoms with Gasteiger partial charge in [-0.3, -0.25) is 4.79 Å². The average Bonchev–Trinajstić information content (AvgIpc) is 2.28. The van der Waals surface area contributed by atoms with Crippen molar-refractivity contribution in [2.24, 2.45) is 0 Å². The van der Waals surface area contributed by atoms with Crippen LogP contribution in [0.5, 0.6) is 0 Å². The molecule has 100 valence electrons. The van der Waals surface area contributed by atoms with Gasteiger partial charge in [-0.25, -0.2) is 0 Å². The molecule has 0 aromatic heterocycles. The number of likely N-dealkylation sites (N-methyl/N-ethyl adjacent to an activating group) is 1. The number of anilines is 1. The normalized spacial score (nSPS) is 11.2. The van der Waals surface area contributed by atoms with Crippen molar-refractivity contribution in [3.05, 3.63) is 29.8 Å². The number of hydrogen-bond donors (Lipinski definition) is 0. The number of ether oxygens (including phenoxy) is 1. The Morgan fingerprint density at radius 1 is 1.33 bits per heavy atom. The fraction of sp³-hybridized carbons (Fsp3) is 0.417. The number of carbonyl (C=O) groups is 1. The van der Waals surface area contributed by atoms with Crippen LogP contribution in [-0.4, -0.2) is 26.2 Å². The second-order valence-electron chi connectivity index (χ2n) is 3.68. The van der Waals surface area contributed by atoms with Crippen LogP contribution in [0.15, 0.2) is 24.3 Å². The second kappa shape index (κ2) is 5.75. The Labute approximate surface area is 103 Å². The van der Waals surface area contributed by atoms with Gasteiger partial charge in [-0.05, 0) is 19.1 Å². The molecule has 0 aliphatic carbocycles. The second-order valence-corrected chi connectivity index (χ2v) is 3.68. The molecule has 1 aromatic rings. The lowest BCUT2D eigenvalue weighted by molar-refractivity contribution is -0.142. The summed E-state index contributed by atoms with van der Waals surface area (Å²) in [6.45, 7) is 1.62. The lowest BCUT2D eigenvalue weighted by atomic mass is 10.1. The maximum absolute atomic E-state index is 12.8. The fourth-order valence-electron chi connectivity index (χ4n) is 1.53. The molecule has 0 spiro atoms. The predicted octanol–water partition coefficient (Wildman–Crippen LogP) is 2.70. The number of para-hydroxylation sites is 1. The molecule has 1 aromatic carbocycles. The molecule has 6 heteroatoms. The van der Waals surface area contributed by atoms with E-state index in [1.165, 1.54) is 30.1 Å². The van der Waals surface area contributed by atoms with E-state index >= 15 is 0 Å². The molecule has 0 heterocycles. The van der Waals surface area contributed by atoms with Gasteiger partial charge in [0.05, 0.1) is 12.2 Å². The van der Waals surface area contributed by atoms with E-state index in [9.17, 15) is 18.0 Å². The maximum Gasteiger partial charge on any atom is 0.418 e. The summed E-state index contributed by atoms with van der Waals surface area (Å²) >= 11 is 0. The molecule has 0 aliphatic rings. The number of alkyl halides is 3. The molecule has 0 fully saturated rings. The topological polar surface area (TPSA) is 29.5 Å². The Hall–Kier alpha value is -1.72. The molecule has 0 atom stereocenters. The van der Waals surface area contributed by atoms with Crippen LogP contribution in [0.1, 0.15) is 12.5 Å². The van der Waals surface area contributed by atoms with Gasteiger partial charge in [0.15, 0.2) is 0 Å². The van der Waals surface area contributed by atoms with E-state index in [0.717, 1.165) is 6.07 Å². The van der Waals surface area contributed by atoms with Crippen molar-refractivity contribution in [1.82, 2.24) is 0 Å². The molecule has 0 saturated carbocycles. The average molecular weight is 261 g/mol. The van der Waals surface area contributed by atoms with Crippen molar-refractivity contribution >= 4 is 11.7 Å². The standard InChI is InChI=1S/C12H14F3NO2/c1-3-18-11(17)8-16(2)10-7-5-4-6-9(10)12(13,14)15/h4-7H,3,8H2,1-2H3. The van der Waals surface area contributed by atoms with Crippen LogP contribution in [0.25, 0.3) is 0 Å². The molecule has 0 N–H and O–H groups in total. The number of nitrogens with zero attached hydrogens (tertiary/aromatic N) is 1. The van der Waals surface area contributed by atoms with Crippen molar-refractivity contribution in [3.63, 3.8) is 0 Å². The first-order valence-electron chi connectivity index (χ1n) is 5.39. The smallest absolute Gasteiger partial charge is 0.418 e. The highest BCUT2D eigenvalue weighted by Gasteiger charge is 2.34. The third kappa shape index (κ3) is 3.65. The Morgan fingerprint density at radius 3 is 2.50 bits per heavy atom. The van der Waals surface area contributed by atoms with Gasteiger partial charge in [-0.15, -0.1) is 0 Å². The largest absolute Gasteiger partial charge is 0.465 e. The third-order valence-electron chi connectivity index (χ3n) is 2.29. The van der Waals surface area contributed by atoms with Gasteiger partial charge in [0.25, 0.3) is 0 Å². The van der Waals surface area contributed by atoms with E-state index in [4.69, 9.17) is 4.74 Å². The first-order valence-corrected chi connectivity index (χ1v) is 5.39. The molecule has 0 unspecified atom stereocenters. The quantitative estimate of drug-likeness (QED) is 0.780. The number of esters is 1. The monoisotopic (exact) mass is 261 g/mol. The Morgan fingerprint density at radius 2 is 1.94 bits per heavy atom. The minimum absolute atomic E-state index is 0.0435. The summed E-state index contributed by atoms with van der Waals surface area (Å²) in [5, 5.41) is 0. The summed E-state index contributed by atoms with van der Waals surface area (Å²) in [5.41, 5.74) is -0.810. The summed E-state index contributed by atoms with van der Waals surface area (Å²) in [6.07, 6.45) is -4.44.